The van der Waals surface area contributed by atoms with Crippen LogP contribution in [0.3, 0.4) is 0 Å². The number of rotatable bonds is 5. The van der Waals surface area contributed by atoms with Gasteiger partial charge in [0.05, 0.1) is 19.3 Å². The Labute approximate surface area is 108 Å². The molecule has 100 valence electrons. The Morgan fingerprint density at radius 3 is 2.89 bits per heavy atom. The third kappa shape index (κ3) is 3.98. The van der Waals surface area contributed by atoms with Gasteiger partial charge in [-0.25, -0.2) is 0 Å². The highest BCUT2D eigenvalue weighted by Crippen LogP contribution is 2.18. The first-order valence-electron chi connectivity index (χ1n) is 6.46. The lowest BCUT2D eigenvalue weighted by Gasteiger charge is -2.26. The van der Waals surface area contributed by atoms with Gasteiger partial charge in [-0.1, -0.05) is 12.1 Å². The highest BCUT2D eigenvalue weighted by molar-refractivity contribution is 5.29. The van der Waals surface area contributed by atoms with Gasteiger partial charge in [-0.2, -0.15) is 0 Å². The van der Waals surface area contributed by atoms with Crippen LogP contribution < -0.4 is 4.74 Å². The Kier molecular flexibility index (Phi) is 4.99. The maximum atomic E-state index is 9.50. The Bertz CT molecular complexity index is 362. The highest BCUT2D eigenvalue weighted by atomic mass is 16.5. The molecule has 4 nitrogen and oxygen atoms in total. The van der Waals surface area contributed by atoms with Crippen molar-refractivity contribution in [3.63, 3.8) is 0 Å². The molecule has 1 N–H and O–H groups in total. The summed E-state index contributed by atoms with van der Waals surface area (Å²) in [6.45, 7) is 6.95. The molecule has 18 heavy (non-hydrogen) atoms. The fourth-order valence-electron chi connectivity index (χ4n) is 1.98. The number of benzene rings is 1. The zero-order valence-electron chi connectivity index (χ0n) is 10.8. The fraction of sp³-hybridized carbons (Fsp3) is 0.571. The molecular formula is C14H21NO3. The van der Waals surface area contributed by atoms with E-state index in [0.29, 0.717) is 6.61 Å². The lowest BCUT2D eigenvalue weighted by molar-refractivity contribution is 0.0322. The molecule has 1 aliphatic heterocycles. The first-order valence-corrected chi connectivity index (χ1v) is 6.46. The first kappa shape index (κ1) is 13.3. The molecule has 0 radical (unpaired) electrons. The summed E-state index contributed by atoms with van der Waals surface area (Å²) in [6.07, 6.45) is -0.451. The predicted octanol–water partition coefficient (Wildman–Crippen LogP) is 1.45. The fourth-order valence-corrected chi connectivity index (χ4v) is 1.98. The van der Waals surface area contributed by atoms with Gasteiger partial charge in [0.1, 0.15) is 12.4 Å². The van der Waals surface area contributed by atoms with Crippen molar-refractivity contribution in [2.45, 2.75) is 13.0 Å². The van der Waals surface area contributed by atoms with E-state index in [2.05, 4.69) is 4.90 Å². The van der Waals surface area contributed by atoms with Crippen molar-refractivity contribution in [1.29, 1.82) is 0 Å². The van der Waals surface area contributed by atoms with Crippen LogP contribution in [0.1, 0.15) is 18.6 Å². The average Bonchev–Trinajstić information content (AvgIpc) is 2.40. The van der Waals surface area contributed by atoms with E-state index in [1.54, 1.807) is 6.92 Å². The van der Waals surface area contributed by atoms with Crippen molar-refractivity contribution in [1.82, 2.24) is 4.90 Å². The first-order chi connectivity index (χ1) is 8.75. The van der Waals surface area contributed by atoms with Crippen LogP contribution in [0.2, 0.25) is 0 Å². The third-order valence-corrected chi connectivity index (χ3v) is 3.12. The van der Waals surface area contributed by atoms with Crippen LogP contribution in [0.4, 0.5) is 0 Å². The molecule has 0 bridgehead atoms. The van der Waals surface area contributed by atoms with Crippen molar-refractivity contribution in [3.05, 3.63) is 29.8 Å². The molecule has 0 amide bonds. The van der Waals surface area contributed by atoms with Gasteiger partial charge in [-0.05, 0) is 24.6 Å². The normalized spacial score (nSPS) is 18.6. The number of aliphatic hydroxyl groups is 1. The van der Waals surface area contributed by atoms with E-state index in [1.165, 1.54) is 0 Å². The minimum atomic E-state index is -0.451. The Morgan fingerprint density at radius 1 is 1.39 bits per heavy atom. The van der Waals surface area contributed by atoms with E-state index >= 15 is 0 Å². The van der Waals surface area contributed by atoms with Crippen LogP contribution in [-0.2, 0) is 4.74 Å². The van der Waals surface area contributed by atoms with Crippen LogP contribution in [0.15, 0.2) is 24.3 Å². The molecule has 4 heteroatoms. The topological polar surface area (TPSA) is 41.9 Å². The van der Waals surface area contributed by atoms with Crippen molar-refractivity contribution >= 4 is 0 Å². The summed E-state index contributed by atoms with van der Waals surface area (Å²) in [4.78, 5) is 2.34. The molecule has 1 fully saturated rings. The summed E-state index contributed by atoms with van der Waals surface area (Å²) in [5, 5.41) is 9.50. The van der Waals surface area contributed by atoms with E-state index in [1.807, 2.05) is 24.3 Å². The quantitative estimate of drug-likeness (QED) is 0.860. The van der Waals surface area contributed by atoms with Crippen LogP contribution in [0, 0.1) is 0 Å². The van der Waals surface area contributed by atoms with Crippen molar-refractivity contribution in [2.24, 2.45) is 0 Å². The molecular weight excluding hydrogens is 230 g/mol. The number of hydrogen-bond donors (Lipinski definition) is 1. The monoisotopic (exact) mass is 251 g/mol. The minimum absolute atomic E-state index is 0.451. The van der Waals surface area contributed by atoms with Gasteiger partial charge in [0.2, 0.25) is 0 Å². The summed E-state index contributed by atoms with van der Waals surface area (Å²) >= 11 is 0. The summed E-state index contributed by atoms with van der Waals surface area (Å²) in [5.74, 6) is 0.821. The molecule has 0 saturated carbocycles. The Hall–Kier alpha value is -1.10. The number of hydrogen-bond acceptors (Lipinski definition) is 4. The van der Waals surface area contributed by atoms with E-state index < -0.39 is 6.10 Å². The second-order valence-corrected chi connectivity index (χ2v) is 4.55. The SMILES string of the molecule is C[C@H](O)c1cccc(OCCN2CCOCC2)c1. The second kappa shape index (κ2) is 6.73. The maximum Gasteiger partial charge on any atom is 0.119 e. The van der Waals surface area contributed by atoms with E-state index in [9.17, 15) is 5.11 Å². The van der Waals surface area contributed by atoms with Gasteiger partial charge < -0.3 is 14.6 Å². The zero-order chi connectivity index (χ0) is 12.8. The van der Waals surface area contributed by atoms with Crippen molar-refractivity contribution < 1.29 is 14.6 Å². The highest BCUT2D eigenvalue weighted by Gasteiger charge is 2.09. The molecule has 1 aliphatic rings. The van der Waals surface area contributed by atoms with Crippen molar-refractivity contribution in [3.8, 4) is 5.75 Å². The summed E-state index contributed by atoms with van der Waals surface area (Å²) in [7, 11) is 0. The van der Waals surface area contributed by atoms with E-state index in [0.717, 1.165) is 44.2 Å². The Balaban J connectivity index is 1.77. The summed E-state index contributed by atoms with van der Waals surface area (Å²) in [6, 6.07) is 7.63. The molecule has 0 aromatic heterocycles. The number of aliphatic hydroxyl groups excluding tert-OH is 1. The van der Waals surface area contributed by atoms with Crippen LogP contribution in [0.5, 0.6) is 5.75 Å². The minimum Gasteiger partial charge on any atom is -0.492 e. The zero-order valence-corrected chi connectivity index (χ0v) is 10.8. The molecule has 0 aliphatic carbocycles. The molecule has 1 heterocycles. The molecule has 1 aromatic carbocycles. The largest absolute Gasteiger partial charge is 0.492 e. The summed E-state index contributed by atoms with van der Waals surface area (Å²) in [5.41, 5.74) is 0.888. The number of morpholine rings is 1. The Morgan fingerprint density at radius 2 is 2.17 bits per heavy atom. The lowest BCUT2D eigenvalue weighted by Crippen LogP contribution is -2.38. The van der Waals surface area contributed by atoms with Crippen LogP contribution in [-0.4, -0.2) is 49.5 Å². The smallest absolute Gasteiger partial charge is 0.119 e. The molecule has 1 aromatic rings. The van der Waals surface area contributed by atoms with Crippen LogP contribution in [0.25, 0.3) is 0 Å². The van der Waals surface area contributed by atoms with Gasteiger partial charge >= 0.3 is 0 Å². The number of ether oxygens (including phenoxy) is 2. The number of nitrogens with zero attached hydrogens (tertiary/aromatic N) is 1. The van der Waals surface area contributed by atoms with Crippen LogP contribution >= 0.6 is 0 Å². The van der Waals surface area contributed by atoms with Gasteiger partial charge in [-0.15, -0.1) is 0 Å². The van der Waals surface area contributed by atoms with Gasteiger partial charge in [0.25, 0.3) is 0 Å². The lowest BCUT2D eigenvalue weighted by atomic mass is 10.1. The third-order valence-electron chi connectivity index (χ3n) is 3.12. The molecule has 1 saturated heterocycles. The van der Waals surface area contributed by atoms with Gasteiger partial charge in [-0.3, -0.25) is 4.90 Å². The molecule has 1 atom stereocenters. The second-order valence-electron chi connectivity index (χ2n) is 4.55. The summed E-state index contributed by atoms with van der Waals surface area (Å²) < 4.78 is 11.0. The van der Waals surface area contributed by atoms with E-state index in [-0.39, 0.29) is 0 Å². The molecule has 2 rings (SSSR count). The van der Waals surface area contributed by atoms with Gasteiger partial charge in [0.15, 0.2) is 0 Å². The molecule has 0 spiro atoms. The van der Waals surface area contributed by atoms with Crippen molar-refractivity contribution in [2.75, 3.05) is 39.5 Å². The standard InChI is InChI=1S/C14H21NO3/c1-12(16)13-3-2-4-14(11-13)18-10-7-15-5-8-17-9-6-15/h2-4,11-12,16H,5-10H2,1H3/t12-/m0/s1. The van der Waals surface area contributed by atoms with E-state index in [4.69, 9.17) is 9.47 Å². The molecule has 0 unspecified atom stereocenters. The average molecular weight is 251 g/mol. The van der Waals surface area contributed by atoms with Gasteiger partial charge in [0, 0.05) is 19.6 Å². The maximum absolute atomic E-state index is 9.50. The predicted molar refractivity (Wildman–Crippen MR) is 69.8 cm³/mol.